The van der Waals surface area contributed by atoms with Crippen LogP contribution in [0.25, 0.3) is 11.0 Å². The Balaban J connectivity index is 1.38. The number of carbonyl (C=O) groups excluding carboxylic acids is 3. The normalized spacial score (nSPS) is 14.5. The average molecular weight is 386 g/mol. The molecule has 1 aromatic carbocycles. The third kappa shape index (κ3) is 5.03. The lowest BCUT2D eigenvalue weighted by Crippen LogP contribution is -2.45. The molecule has 1 aliphatic rings. The van der Waals surface area contributed by atoms with Crippen LogP contribution in [0.15, 0.2) is 28.7 Å². The first-order valence-electron chi connectivity index (χ1n) is 9.66. The Kier molecular flexibility index (Phi) is 6.52. The molecule has 4 amide bonds. The lowest BCUT2D eigenvalue weighted by molar-refractivity contribution is -0.121. The van der Waals surface area contributed by atoms with Gasteiger partial charge in [-0.1, -0.05) is 37.5 Å². The first kappa shape index (κ1) is 19.7. The molecule has 8 heteroatoms. The Morgan fingerprint density at radius 3 is 2.57 bits per heavy atom. The van der Waals surface area contributed by atoms with Crippen molar-refractivity contribution in [1.29, 1.82) is 0 Å². The SMILES string of the molecule is Cc1c(C(=O)NNC(=O)CCNC(=O)NC2CCCCC2)oc2ccccc12. The lowest BCUT2D eigenvalue weighted by atomic mass is 9.96. The van der Waals surface area contributed by atoms with Crippen LogP contribution in [0.1, 0.15) is 54.6 Å². The highest BCUT2D eigenvalue weighted by Crippen LogP contribution is 2.24. The summed E-state index contributed by atoms with van der Waals surface area (Å²) in [5, 5.41) is 6.44. The summed E-state index contributed by atoms with van der Waals surface area (Å²) < 4.78 is 5.55. The molecule has 0 atom stereocenters. The number of para-hydroxylation sites is 1. The van der Waals surface area contributed by atoms with Crippen LogP contribution in [0.5, 0.6) is 0 Å². The van der Waals surface area contributed by atoms with Crippen LogP contribution in [0.3, 0.4) is 0 Å². The van der Waals surface area contributed by atoms with E-state index in [2.05, 4.69) is 21.5 Å². The van der Waals surface area contributed by atoms with Crippen LogP contribution in [0.4, 0.5) is 4.79 Å². The van der Waals surface area contributed by atoms with Crippen molar-refractivity contribution >= 4 is 28.8 Å². The lowest BCUT2D eigenvalue weighted by Gasteiger charge is -2.22. The molecule has 0 radical (unpaired) electrons. The first-order chi connectivity index (χ1) is 13.5. The molecule has 28 heavy (non-hydrogen) atoms. The molecule has 3 rings (SSSR count). The van der Waals surface area contributed by atoms with E-state index in [1.54, 1.807) is 13.0 Å². The van der Waals surface area contributed by atoms with Gasteiger partial charge in [0.25, 0.3) is 0 Å². The number of nitrogens with one attached hydrogen (secondary N) is 4. The second-order valence-electron chi connectivity index (χ2n) is 7.04. The number of hydrogen-bond donors (Lipinski definition) is 4. The van der Waals surface area contributed by atoms with Crippen LogP contribution < -0.4 is 21.5 Å². The van der Waals surface area contributed by atoms with E-state index in [0.717, 1.165) is 31.1 Å². The highest BCUT2D eigenvalue weighted by Gasteiger charge is 2.18. The number of benzene rings is 1. The number of aryl methyl sites for hydroxylation is 1. The van der Waals surface area contributed by atoms with Crippen molar-refractivity contribution in [3.05, 3.63) is 35.6 Å². The zero-order valence-corrected chi connectivity index (χ0v) is 16.0. The number of carbonyl (C=O) groups is 3. The minimum absolute atomic E-state index is 0.0531. The first-order valence-corrected chi connectivity index (χ1v) is 9.66. The zero-order chi connectivity index (χ0) is 19.9. The van der Waals surface area contributed by atoms with Crippen molar-refractivity contribution in [2.75, 3.05) is 6.54 Å². The molecule has 150 valence electrons. The molecule has 8 nitrogen and oxygen atoms in total. The van der Waals surface area contributed by atoms with Gasteiger partial charge < -0.3 is 15.1 Å². The summed E-state index contributed by atoms with van der Waals surface area (Å²) in [5.74, 6) is -0.767. The Bertz CT molecular complexity index is 855. The van der Waals surface area contributed by atoms with E-state index in [0.29, 0.717) is 11.1 Å². The summed E-state index contributed by atoms with van der Waals surface area (Å²) in [6, 6.07) is 7.29. The van der Waals surface area contributed by atoms with Crippen LogP contribution in [-0.4, -0.2) is 30.4 Å². The summed E-state index contributed by atoms with van der Waals surface area (Å²) in [7, 11) is 0. The van der Waals surface area contributed by atoms with E-state index in [1.807, 2.05) is 18.2 Å². The number of rotatable bonds is 5. The van der Waals surface area contributed by atoms with E-state index >= 15 is 0 Å². The fourth-order valence-electron chi connectivity index (χ4n) is 3.41. The molecule has 4 N–H and O–H groups in total. The Morgan fingerprint density at radius 1 is 1.07 bits per heavy atom. The minimum Gasteiger partial charge on any atom is -0.451 e. The monoisotopic (exact) mass is 386 g/mol. The van der Waals surface area contributed by atoms with Crippen LogP contribution in [0.2, 0.25) is 0 Å². The van der Waals surface area contributed by atoms with Crippen LogP contribution in [-0.2, 0) is 4.79 Å². The van der Waals surface area contributed by atoms with Gasteiger partial charge in [-0.3, -0.25) is 20.4 Å². The molecule has 0 aliphatic heterocycles. The van der Waals surface area contributed by atoms with Crippen molar-refractivity contribution in [2.45, 2.75) is 51.5 Å². The third-order valence-electron chi connectivity index (χ3n) is 4.94. The summed E-state index contributed by atoms with van der Waals surface area (Å²) in [6.45, 7) is 1.97. The zero-order valence-electron chi connectivity index (χ0n) is 16.0. The van der Waals surface area contributed by atoms with Gasteiger partial charge in [-0.05, 0) is 25.8 Å². The van der Waals surface area contributed by atoms with Gasteiger partial charge in [-0.15, -0.1) is 0 Å². The third-order valence-corrected chi connectivity index (χ3v) is 4.94. The molecule has 1 fully saturated rings. The van der Waals surface area contributed by atoms with E-state index in [9.17, 15) is 14.4 Å². The maximum atomic E-state index is 12.2. The van der Waals surface area contributed by atoms with Crippen LogP contribution in [0, 0.1) is 6.92 Å². The molecular weight excluding hydrogens is 360 g/mol. The van der Waals surface area contributed by atoms with E-state index < -0.39 is 11.8 Å². The molecule has 0 spiro atoms. The summed E-state index contributed by atoms with van der Waals surface area (Å²) in [5.41, 5.74) is 6.01. The fraction of sp³-hybridized carbons (Fsp3) is 0.450. The van der Waals surface area contributed by atoms with Gasteiger partial charge in [-0.25, -0.2) is 4.79 Å². The maximum absolute atomic E-state index is 12.2. The van der Waals surface area contributed by atoms with Crippen LogP contribution >= 0.6 is 0 Å². The van der Waals surface area contributed by atoms with Gasteiger partial charge >= 0.3 is 11.9 Å². The predicted molar refractivity (Wildman–Crippen MR) is 105 cm³/mol. The minimum atomic E-state index is -0.523. The van der Waals surface area contributed by atoms with Crippen molar-refractivity contribution in [3.63, 3.8) is 0 Å². The molecule has 1 saturated carbocycles. The Hall–Kier alpha value is -3.03. The van der Waals surface area contributed by atoms with Gasteiger partial charge in [0.2, 0.25) is 5.91 Å². The number of furan rings is 1. The van der Waals surface area contributed by atoms with E-state index in [-0.39, 0.29) is 30.8 Å². The molecule has 1 heterocycles. The molecule has 0 bridgehead atoms. The van der Waals surface area contributed by atoms with Gasteiger partial charge in [0.15, 0.2) is 5.76 Å². The molecular formula is C20H26N4O4. The topological polar surface area (TPSA) is 112 Å². The van der Waals surface area contributed by atoms with E-state index in [1.165, 1.54) is 6.42 Å². The van der Waals surface area contributed by atoms with Crippen molar-refractivity contribution in [2.24, 2.45) is 0 Å². The molecule has 0 saturated heterocycles. The predicted octanol–water partition coefficient (Wildman–Crippen LogP) is 2.52. The Labute approximate surface area is 163 Å². The standard InChI is InChI=1S/C20H26N4O4/c1-13-15-9-5-6-10-16(15)28-18(13)19(26)24-23-17(25)11-12-21-20(27)22-14-7-3-2-4-8-14/h5-6,9-10,14H,2-4,7-8,11-12H2,1H3,(H,23,25)(H,24,26)(H2,21,22,27). The number of hydrogen-bond acceptors (Lipinski definition) is 4. The number of fused-ring (bicyclic) bond motifs is 1. The number of urea groups is 1. The smallest absolute Gasteiger partial charge is 0.315 e. The summed E-state index contributed by atoms with van der Waals surface area (Å²) in [6.07, 6.45) is 5.55. The van der Waals surface area contributed by atoms with Gasteiger partial charge in [0, 0.05) is 30.0 Å². The quantitative estimate of drug-likeness (QED) is 0.592. The molecule has 1 aliphatic carbocycles. The van der Waals surface area contributed by atoms with Crippen molar-refractivity contribution in [3.8, 4) is 0 Å². The second kappa shape index (κ2) is 9.25. The highest BCUT2D eigenvalue weighted by atomic mass is 16.3. The molecule has 0 unspecified atom stereocenters. The summed E-state index contributed by atoms with van der Waals surface area (Å²) >= 11 is 0. The van der Waals surface area contributed by atoms with Gasteiger partial charge in [-0.2, -0.15) is 0 Å². The molecule has 2 aromatic rings. The largest absolute Gasteiger partial charge is 0.451 e. The maximum Gasteiger partial charge on any atom is 0.315 e. The van der Waals surface area contributed by atoms with Gasteiger partial charge in [0.05, 0.1) is 0 Å². The summed E-state index contributed by atoms with van der Waals surface area (Å²) in [4.78, 5) is 36.0. The second-order valence-corrected chi connectivity index (χ2v) is 7.04. The Morgan fingerprint density at radius 2 is 1.82 bits per heavy atom. The fourth-order valence-corrected chi connectivity index (χ4v) is 3.41. The van der Waals surface area contributed by atoms with Crippen molar-refractivity contribution < 1.29 is 18.8 Å². The van der Waals surface area contributed by atoms with E-state index in [4.69, 9.17) is 4.42 Å². The van der Waals surface area contributed by atoms with Crippen molar-refractivity contribution in [1.82, 2.24) is 21.5 Å². The number of hydrazine groups is 1. The highest BCUT2D eigenvalue weighted by molar-refractivity contribution is 5.99. The average Bonchev–Trinajstić information content (AvgIpc) is 3.04. The number of amides is 4. The molecule has 1 aromatic heterocycles. The van der Waals surface area contributed by atoms with Gasteiger partial charge in [0.1, 0.15) is 5.58 Å².